The van der Waals surface area contributed by atoms with Crippen LogP contribution in [0.4, 0.5) is 4.39 Å². The van der Waals surface area contributed by atoms with Crippen LogP contribution >= 0.6 is 23.2 Å². The first-order chi connectivity index (χ1) is 9.56. The standard InChI is InChI=1S/C15H9Cl2FN2/c1-8-3-2-4-11(13(8)16)15-19-12-7-9(18)5-6-10(12)14(17)20-15/h2-7H,1H3. The largest absolute Gasteiger partial charge is 0.228 e. The maximum atomic E-state index is 13.3. The predicted octanol–water partition coefficient (Wildman–Crippen LogP) is 5.05. The third-order valence-electron chi connectivity index (χ3n) is 3.05. The van der Waals surface area contributed by atoms with Gasteiger partial charge in [-0.05, 0) is 30.7 Å². The van der Waals surface area contributed by atoms with Gasteiger partial charge in [0.2, 0.25) is 0 Å². The Morgan fingerprint density at radius 1 is 1.05 bits per heavy atom. The average Bonchev–Trinajstić information content (AvgIpc) is 2.41. The van der Waals surface area contributed by atoms with Gasteiger partial charge in [-0.25, -0.2) is 14.4 Å². The van der Waals surface area contributed by atoms with Gasteiger partial charge in [-0.2, -0.15) is 0 Å². The molecule has 0 atom stereocenters. The van der Waals surface area contributed by atoms with E-state index in [-0.39, 0.29) is 11.0 Å². The Kier molecular flexibility index (Phi) is 3.32. The molecule has 0 unspecified atom stereocenters. The number of benzene rings is 2. The molecule has 0 N–H and O–H groups in total. The minimum atomic E-state index is -0.367. The highest BCUT2D eigenvalue weighted by Crippen LogP contribution is 2.31. The van der Waals surface area contributed by atoms with Crippen LogP contribution in [0.25, 0.3) is 22.3 Å². The summed E-state index contributed by atoms with van der Waals surface area (Å²) >= 11 is 12.4. The van der Waals surface area contributed by atoms with E-state index in [0.29, 0.717) is 27.3 Å². The first kappa shape index (κ1) is 13.3. The lowest BCUT2D eigenvalue weighted by molar-refractivity contribution is 0.629. The molecule has 2 nitrogen and oxygen atoms in total. The number of halogens is 3. The van der Waals surface area contributed by atoms with E-state index in [2.05, 4.69) is 9.97 Å². The number of aryl methyl sites for hydroxylation is 1. The van der Waals surface area contributed by atoms with Gasteiger partial charge in [0.15, 0.2) is 5.82 Å². The summed E-state index contributed by atoms with van der Waals surface area (Å²) in [7, 11) is 0. The molecule has 0 radical (unpaired) electrons. The Balaban J connectivity index is 2.29. The smallest absolute Gasteiger partial charge is 0.163 e. The summed E-state index contributed by atoms with van der Waals surface area (Å²) < 4.78 is 13.3. The molecule has 0 bridgehead atoms. The van der Waals surface area contributed by atoms with Crippen LogP contribution in [-0.2, 0) is 0 Å². The minimum absolute atomic E-state index is 0.280. The summed E-state index contributed by atoms with van der Waals surface area (Å²) in [5.74, 6) is 0.0235. The summed E-state index contributed by atoms with van der Waals surface area (Å²) in [4.78, 5) is 8.60. The van der Waals surface area contributed by atoms with Crippen molar-refractivity contribution in [1.82, 2.24) is 9.97 Å². The lowest BCUT2D eigenvalue weighted by Gasteiger charge is -2.07. The van der Waals surface area contributed by atoms with E-state index < -0.39 is 0 Å². The van der Waals surface area contributed by atoms with Crippen molar-refractivity contribution in [2.24, 2.45) is 0 Å². The minimum Gasteiger partial charge on any atom is -0.228 e. The van der Waals surface area contributed by atoms with Crippen LogP contribution in [0.1, 0.15) is 5.56 Å². The Bertz CT molecular complexity index is 818. The number of nitrogens with zero attached hydrogens (tertiary/aromatic N) is 2. The maximum absolute atomic E-state index is 13.3. The van der Waals surface area contributed by atoms with E-state index in [4.69, 9.17) is 23.2 Å². The van der Waals surface area contributed by atoms with E-state index in [1.54, 1.807) is 6.07 Å². The molecule has 1 heterocycles. The van der Waals surface area contributed by atoms with Gasteiger partial charge < -0.3 is 0 Å². The normalized spacial score (nSPS) is 11.0. The highest BCUT2D eigenvalue weighted by Gasteiger charge is 2.12. The van der Waals surface area contributed by atoms with Crippen molar-refractivity contribution < 1.29 is 4.39 Å². The number of fused-ring (bicyclic) bond motifs is 1. The van der Waals surface area contributed by atoms with E-state index in [1.807, 2.05) is 25.1 Å². The molecule has 3 rings (SSSR count). The van der Waals surface area contributed by atoms with Gasteiger partial charge in [-0.3, -0.25) is 0 Å². The average molecular weight is 307 g/mol. The van der Waals surface area contributed by atoms with E-state index in [0.717, 1.165) is 5.56 Å². The molecular formula is C15H9Cl2FN2. The second-order valence-electron chi connectivity index (χ2n) is 4.44. The lowest BCUT2D eigenvalue weighted by atomic mass is 10.1. The molecule has 0 saturated carbocycles. The van der Waals surface area contributed by atoms with Gasteiger partial charge in [-0.15, -0.1) is 0 Å². The third-order valence-corrected chi connectivity index (χ3v) is 3.83. The molecule has 0 aliphatic rings. The Hall–Kier alpha value is -1.71. The Morgan fingerprint density at radius 2 is 1.85 bits per heavy atom. The highest BCUT2D eigenvalue weighted by molar-refractivity contribution is 6.35. The first-order valence-corrected chi connectivity index (χ1v) is 6.70. The van der Waals surface area contributed by atoms with Crippen LogP contribution < -0.4 is 0 Å². The summed E-state index contributed by atoms with van der Waals surface area (Å²) in [6.45, 7) is 1.90. The van der Waals surface area contributed by atoms with Crippen molar-refractivity contribution in [2.45, 2.75) is 6.92 Å². The fraction of sp³-hybridized carbons (Fsp3) is 0.0667. The van der Waals surface area contributed by atoms with Gasteiger partial charge in [-0.1, -0.05) is 35.3 Å². The number of aromatic nitrogens is 2. The molecule has 0 fully saturated rings. The molecule has 100 valence electrons. The molecule has 0 amide bonds. The zero-order chi connectivity index (χ0) is 14.3. The molecule has 2 aromatic carbocycles. The van der Waals surface area contributed by atoms with Gasteiger partial charge in [0.05, 0.1) is 10.5 Å². The third kappa shape index (κ3) is 2.23. The monoisotopic (exact) mass is 306 g/mol. The van der Waals surface area contributed by atoms with Crippen molar-refractivity contribution in [1.29, 1.82) is 0 Å². The van der Waals surface area contributed by atoms with Gasteiger partial charge >= 0.3 is 0 Å². The SMILES string of the molecule is Cc1cccc(-c2nc(Cl)c3ccc(F)cc3n2)c1Cl. The zero-order valence-electron chi connectivity index (χ0n) is 10.5. The zero-order valence-corrected chi connectivity index (χ0v) is 12.0. The van der Waals surface area contributed by atoms with Gasteiger partial charge in [0.1, 0.15) is 11.0 Å². The molecule has 0 spiro atoms. The molecule has 0 aliphatic heterocycles. The Labute approximate surface area is 125 Å². The topological polar surface area (TPSA) is 25.8 Å². The second kappa shape index (κ2) is 5.00. The first-order valence-electron chi connectivity index (χ1n) is 5.94. The number of hydrogen-bond acceptors (Lipinski definition) is 2. The van der Waals surface area contributed by atoms with Crippen molar-refractivity contribution in [2.75, 3.05) is 0 Å². The van der Waals surface area contributed by atoms with Crippen molar-refractivity contribution in [3.63, 3.8) is 0 Å². The van der Waals surface area contributed by atoms with Crippen LogP contribution in [-0.4, -0.2) is 9.97 Å². The second-order valence-corrected chi connectivity index (χ2v) is 5.17. The van der Waals surface area contributed by atoms with Crippen LogP contribution in [0.15, 0.2) is 36.4 Å². The quantitative estimate of drug-likeness (QED) is 0.588. The lowest BCUT2D eigenvalue weighted by Crippen LogP contribution is -1.94. The van der Waals surface area contributed by atoms with E-state index in [1.165, 1.54) is 12.1 Å². The van der Waals surface area contributed by atoms with Crippen molar-refractivity contribution in [3.8, 4) is 11.4 Å². The summed E-state index contributed by atoms with van der Waals surface area (Å²) in [6.07, 6.45) is 0. The molecule has 1 aromatic heterocycles. The summed E-state index contributed by atoms with van der Waals surface area (Å²) in [5, 5.41) is 1.46. The van der Waals surface area contributed by atoms with Crippen LogP contribution in [0, 0.1) is 12.7 Å². The summed E-state index contributed by atoms with van der Waals surface area (Å²) in [5.41, 5.74) is 2.06. The maximum Gasteiger partial charge on any atom is 0.163 e. The number of rotatable bonds is 1. The van der Waals surface area contributed by atoms with Gasteiger partial charge in [0, 0.05) is 17.0 Å². The molecule has 0 saturated heterocycles. The van der Waals surface area contributed by atoms with Gasteiger partial charge in [0.25, 0.3) is 0 Å². The fourth-order valence-electron chi connectivity index (χ4n) is 2.00. The predicted molar refractivity (Wildman–Crippen MR) is 79.7 cm³/mol. The van der Waals surface area contributed by atoms with E-state index in [9.17, 15) is 4.39 Å². The van der Waals surface area contributed by atoms with Crippen LogP contribution in [0.2, 0.25) is 10.2 Å². The van der Waals surface area contributed by atoms with Crippen molar-refractivity contribution in [3.05, 3.63) is 58.0 Å². The van der Waals surface area contributed by atoms with E-state index >= 15 is 0 Å². The van der Waals surface area contributed by atoms with Crippen LogP contribution in [0.5, 0.6) is 0 Å². The van der Waals surface area contributed by atoms with Crippen LogP contribution in [0.3, 0.4) is 0 Å². The molecular weight excluding hydrogens is 298 g/mol. The Morgan fingerprint density at radius 3 is 2.65 bits per heavy atom. The molecule has 20 heavy (non-hydrogen) atoms. The fourth-order valence-corrected chi connectivity index (χ4v) is 2.45. The molecule has 0 aliphatic carbocycles. The molecule has 3 aromatic rings. The summed E-state index contributed by atoms with van der Waals surface area (Å²) in [6, 6.07) is 9.80. The number of hydrogen-bond donors (Lipinski definition) is 0. The molecule has 5 heteroatoms. The van der Waals surface area contributed by atoms with Crippen molar-refractivity contribution >= 4 is 34.1 Å². The highest BCUT2D eigenvalue weighted by atomic mass is 35.5.